The van der Waals surface area contributed by atoms with Gasteiger partial charge in [0.15, 0.2) is 5.78 Å². The molecule has 10 heteroatoms. The molecule has 1 saturated carbocycles. The van der Waals surface area contributed by atoms with Crippen molar-refractivity contribution < 1.29 is 27.5 Å². The van der Waals surface area contributed by atoms with Crippen molar-refractivity contribution in [2.24, 2.45) is 5.92 Å². The molecule has 0 N–H and O–H groups in total. The van der Waals surface area contributed by atoms with Crippen LogP contribution in [0.3, 0.4) is 0 Å². The first-order valence-electron chi connectivity index (χ1n) is 11.8. The highest BCUT2D eigenvalue weighted by Crippen LogP contribution is 2.34. The number of alkyl halides is 3. The summed E-state index contributed by atoms with van der Waals surface area (Å²) in [6, 6.07) is 5.50. The molecule has 0 bridgehead atoms. The smallest absolute Gasteiger partial charge is 0.418 e. The fraction of sp³-hybridized carbons (Fsp3) is 0.423. The molecule has 0 unspecified atom stereocenters. The van der Waals surface area contributed by atoms with Gasteiger partial charge in [-0.1, -0.05) is 38.2 Å². The summed E-state index contributed by atoms with van der Waals surface area (Å²) in [7, 11) is 1.25. The van der Waals surface area contributed by atoms with E-state index in [0.717, 1.165) is 44.5 Å². The average molecular weight is 502 g/mol. The molecule has 0 amide bonds. The van der Waals surface area contributed by atoms with E-state index in [1.165, 1.54) is 36.1 Å². The number of rotatable bonds is 7. The van der Waals surface area contributed by atoms with Gasteiger partial charge in [0.25, 0.3) is 5.56 Å². The highest BCUT2D eigenvalue weighted by Gasteiger charge is 2.34. The molecule has 4 rings (SSSR count). The van der Waals surface area contributed by atoms with Crippen LogP contribution in [0.5, 0.6) is 0 Å². The first-order valence-corrected chi connectivity index (χ1v) is 11.8. The van der Waals surface area contributed by atoms with Crippen molar-refractivity contribution in [2.75, 3.05) is 7.11 Å². The van der Waals surface area contributed by atoms with Crippen molar-refractivity contribution in [1.29, 1.82) is 0 Å². The lowest BCUT2D eigenvalue weighted by Gasteiger charge is -2.27. The second-order valence-corrected chi connectivity index (χ2v) is 9.08. The van der Waals surface area contributed by atoms with Crippen molar-refractivity contribution in [1.82, 2.24) is 14.5 Å². The van der Waals surface area contributed by atoms with Crippen molar-refractivity contribution in [2.45, 2.75) is 57.2 Å². The van der Waals surface area contributed by atoms with E-state index in [4.69, 9.17) is 0 Å². The Balaban J connectivity index is 1.70. The largest absolute Gasteiger partial charge is 0.465 e. The first kappa shape index (κ1) is 25.5. The van der Waals surface area contributed by atoms with Crippen molar-refractivity contribution in [3.05, 3.63) is 70.0 Å². The van der Waals surface area contributed by atoms with Crippen molar-refractivity contribution in [3.8, 4) is 0 Å². The summed E-state index contributed by atoms with van der Waals surface area (Å²) in [5, 5.41) is -0.186. The van der Waals surface area contributed by atoms with Gasteiger partial charge in [0.2, 0.25) is 0 Å². The molecule has 2 aromatic heterocycles. The van der Waals surface area contributed by atoms with Gasteiger partial charge >= 0.3 is 12.1 Å². The van der Waals surface area contributed by atoms with Crippen LogP contribution in [0, 0.1) is 5.92 Å². The van der Waals surface area contributed by atoms with E-state index >= 15 is 0 Å². The molecule has 0 aliphatic heterocycles. The number of ether oxygens (including phenoxy) is 1. The lowest BCUT2D eigenvalue weighted by atomic mass is 9.83. The maximum Gasteiger partial charge on any atom is 0.418 e. The molecule has 36 heavy (non-hydrogen) atoms. The number of benzene rings is 1. The second kappa shape index (κ2) is 10.6. The van der Waals surface area contributed by atoms with E-state index in [1.807, 2.05) is 0 Å². The number of hydrogen-bond donors (Lipinski definition) is 0. The number of esters is 1. The molecule has 1 atom stereocenters. The Morgan fingerprint density at radius 3 is 2.50 bits per heavy atom. The minimum Gasteiger partial charge on any atom is -0.465 e. The zero-order valence-electron chi connectivity index (χ0n) is 19.8. The van der Waals surface area contributed by atoms with E-state index in [0.29, 0.717) is 12.1 Å². The van der Waals surface area contributed by atoms with Gasteiger partial charge in [-0.15, -0.1) is 0 Å². The summed E-state index contributed by atoms with van der Waals surface area (Å²) in [6.07, 6.45) is 3.01. The molecule has 1 fully saturated rings. The molecule has 0 spiro atoms. The molecule has 190 valence electrons. The summed E-state index contributed by atoms with van der Waals surface area (Å²) in [4.78, 5) is 46.6. The third-order valence-electron chi connectivity index (χ3n) is 6.71. The Hall–Kier alpha value is -3.56. The van der Waals surface area contributed by atoms with Crippen LogP contribution in [0.2, 0.25) is 0 Å². The molecule has 3 aromatic rings. The Labute approximate surface area is 205 Å². The summed E-state index contributed by atoms with van der Waals surface area (Å²) >= 11 is 0. The standard InChI is InChI=1S/C26H26F3N3O4/c1-36-25(35)17-10-11-18(30-14-17)13-22(33)21(12-16-6-3-2-4-7-16)32-15-31-23-19(24(32)34)8-5-9-20(23)26(27,28)29/h5,8-11,14-16,21H,2-4,6-7,12-13H2,1H3/t21-/m1/s1. The summed E-state index contributed by atoms with van der Waals surface area (Å²) in [5.41, 5.74) is -1.47. The molecule has 0 radical (unpaired) electrons. The number of pyridine rings is 1. The number of aromatic nitrogens is 3. The summed E-state index contributed by atoms with van der Waals surface area (Å²) in [5.74, 6) is -0.636. The maximum absolute atomic E-state index is 13.5. The Morgan fingerprint density at radius 1 is 1.11 bits per heavy atom. The molecule has 1 aromatic carbocycles. The number of Topliss-reactive ketones (excluding diaryl/α,β-unsaturated/α-hetero) is 1. The molecule has 2 heterocycles. The summed E-state index contributed by atoms with van der Waals surface area (Å²) in [6.45, 7) is 0. The first-order chi connectivity index (χ1) is 17.2. The van der Waals surface area contributed by atoms with Crippen molar-refractivity contribution in [3.63, 3.8) is 0 Å². The fourth-order valence-electron chi connectivity index (χ4n) is 4.82. The van der Waals surface area contributed by atoms with E-state index in [2.05, 4.69) is 14.7 Å². The van der Waals surface area contributed by atoms with Crippen LogP contribution in [0.1, 0.15) is 66.2 Å². The monoisotopic (exact) mass is 501 g/mol. The van der Waals surface area contributed by atoms with Crippen LogP contribution in [-0.2, 0) is 22.1 Å². The van der Waals surface area contributed by atoms with Gasteiger partial charge in [0.1, 0.15) is 0 Å². The minimum absolute atomic E-state index is 0.105. The predicted molar refractivity (Wildman–Crippen MR) is 126 cm³/mol. The molecule has 1 aliphatic carbocycles. The predicted octanol–water partition coefficient (Wildman–Crippen LogP) is 4.92. The van der Waals surface area contributed by atoms with Gasteiger partial charge in [-0.05, 0) is 36.6 Å². The third-order valence-corrected chi connectivity index (χ3v) is 6.71. The molecular weight excluding hydrogens is 475 g/mol. The van der Waals surface area contributed by atoms with E-state index in [-0.39, 0.29) is 29.1 Å². The SMILES string of the molecule is COC(=O)c1ccc(CC(=O)[C@@H](CC2CCCCC2)n2cnc3c(C(F)(F)F)cccc3c2=O)nc1. The number of halogens is 3. The van der Waals surface area contributed by atoms with Crippen LogP contribution in [-0.4, -0.2) is 33.4 Å². The highest BCUT2D eigenvalue weighted by molar-refractivity contribution is 5.89. The number of carbonyl (C=O) groups is 2. The van der Waals surface area contributed by atoms with Crippen LogP contribution in [0.4, 0.5) is 13.2 Å². The van der Waals surface area contributed by atoms with Crippen LogP contribution in [0.25, 0.3) is 10.9 Å². The normalized spacial score (nSPS) is 15.6. The average Bonchev–Trinajstić information content (AvgIpc) is 2.87. The van der Waals surface area contributed by atoms with Crippen molar-refractivity contribution >= 4 is 22.7 Å². The number of nitrogens with zero attached hydrogens (tertiary/aromatic N) is 3. The lowest BCUT2D eigenvalue weighted by molar-refractivity contribution is -0.136. The zero-order chi connectivity index (χ0) is 25.9. The number of ketones is 1. The molecule has 0 saturated heterocycles. The molecular formula is C26H26F3N3O4. The second-order valence-electron chi connectivity index (χ2n) is 9.08. The molecule has 7 nitrogen and oxygen atoms in total. The topological polar surface area (TPSA) is 91.2 Å². The van der Waals surface area contributed by atoms with Gasteiger partial charge in [-0.3, -0.25) is 19.1 Å². The Morgan fingerprint density at radius 2 is 1.86 bits per heavy atom. The number of fused-ring (bicyclic) bond motifs is 1. The quantitative estimate of drug-likeness (QED) is 0.427. The number of carbonyl (C=O) groups excluding carboxylic acids is 2. The van der Waals surface area contributed by atoms with Crippen LogP contribution >= 0.6 is 0 Å². The van der Waals surface area contributed by atoms with Gasteiger partial charge in [-0.25, -0.2) is 9.78 Å². The Bertz CT molecular complexity index is 1310. The van der Waals surface area contributed by atoms with Gasteiger partial charge in [0, 0.05) is 11.9 Å². The van der Waals surface area contributed by atoms with E-state index in [1.54, 1.807) is 6.07 Å². The third kappa shape index (κ3) is 5.47. The maximum atomic E-state index is 13.5. The fourth-order valence-corrected chi connectivity index (χ4v) is 4.82. The van der Waals surface area contributed by atoms with Gasteiger partial charge < -0.3 is 4.74 Å². The summed E-state index contributed by atoms with van der Waals surface area (Å²) < 4.78 is 46.2. The van der Waals surface area contributed by atoms with Crippen LogP contribution in [0.15, 0.2) is 47.7 Å². The Kier molecular flexibility index (Phi) is 7.51. The van der Waals surface area contributed by atoms with E-state index < -0.39 is 34.8 Å². The highest BCUT2D eigenvalue weighted by atomic mass is 19.4. The number of para-hydroxylation sites is 1. The number of methoxy groups -OCH3 is 1. The zero-order valence-corrected chi connectivity index (χ0v) is 19.8. The minimum atomic E-state index is -4.66. The number of hydrogen-bond acceptors (Lipinski definition) is 6. The van der Waals surface area contributed by atoms with Gasteiger partial charge in [0.05, 0.1) is 47.9 Å². The van der Waals surface area contributed by atoms with E-state index in [9.17, 15) is 27.6 Å². The lowest BCUT2D eigenvalue weighted by Crippen LogP contribution is -2.33. The van der Waals surface area contributed by atoms with Gasteiger partial charge in [-0.2, -0.15) is 13.2 Å². The van der Waals surface area contributed by atoms with Crippen LogP contribution < -0.4 is 5.56 Å². The molecule has 1 aliphatic rings.